The molecule has 0 aliphatic heterocycles. The van der Waals surface area contributed by atoms with Gasteiger partial charge in [-0.15, -0.1) is 0 Å². The molecule has 0 unspecified atom stereocenters. The number of esters is 1. The van der Waals surface area contributed by atoms with Gasteiger partial charge in [0.15, 0.2) is 16.6 Å². The molecule has 0 saturated heterocycles. The number of rotatable bonds is 17. The van der Waals surface area contributed by atoms with Gasteiger partial charge in [0.2, 0.25) is 0 Å². The fraction of sp³-hybridized carbons (Fsp3) is 0.720. The van der Waals surface area contributed by atoms with Crippen LogP contribution in [0.4, 0.5) is 0 Å². The Morgan fingerprint density at radius 3 is 1.97 bits per heavy atom. The SMILES string of the molecule is CC[C@@H](O[Si](C)(C)C)[C@H](/C=C/C=C/C=C\CCCCCCCC(=O)OC)O[Si](C)(C)C. The minimum absolute atomic E-state index is 0.0104. The molecular weight excluding hydrogens is 420 g/mol. The van der Waals surface area contributed by atoms with Crippen molar-refractivity contribution in [1.82, 2.24) is 0 Å². The molecule has 0 spiro atoms. The maximum atomic E-state index is 11.0. The van der Waals surface area contributed by atoms with E-state index in [1.807, 2.05) is 0 Å². The van der Waals surface area contributed by atoms with Gasteiger partial charge >= 0.3 is 5.97 Å². The molecule has 0 amide bonds. The second-order valence-corrected chi connectivity index (χ2v) is 18.9. The first-order valence-electron chi connectivity index (χ1n) is 11.9. The van der Waals surface area contributed by atoms with Crippen LogP contribution < -0.4 is 0 Å². The fourth-order valence-corrected chi connectivity index (χ4v) is 5.38. The van der Waals surface area contributed by atoms with Crippen molar-refractivity contribution >= 4 is 22.6 Å². The van der Waals surface area contributed by atoms with Crippen molar-refractivity contribution in [2.24, 2.45) is 0 Å². The van der Waals surface area contributed by atoms with Crippen LogP contribution >= 0.6 is 0 Å². The van der Waals surface area contributed by atoms with Crippen LogP contribution in [0.3, 0.4) is 0 Å². The van der Waals surface area contributed by atoms with E-state index in [0.717, 1.165) is 25.7 Å². The molecule has 0 saturated carbocycles. The Bertz CT molecular complexity index is 557. The third kappa shape index (κ3) is 19.5. The molecule has 0 bridgehead atoms. The van der Waals surface area contributed by atoms with Gasteiger partial charge in [0.1, 0.15) is 0 Å². The van der Waals surface area contributed by atoms with Crippen LogP contribution in [0.15, 0.2) is 36.5 Å². The standard InChI is InChI=1S/C25H48O4Si2/c1-9-23(28-30(3,4)5)24(29-31(6,7)8)21-19-17-15-13-11-10-12-14-16-18-20-22-25(26)27-2/h11,13,15,17,19,21,23-24H,9-10,12,14,16,18,20,22H2,1-8H3/b13-11-,17-15+,21-19+/t23-,24+/m1/s1. The maximum Gasteiger partial charge on any atom is 0.305 e. The van der Waals surface area contributed by atoms with Crippen molar-refractivity contribution in [2.75, 3.05) is 7.11 Å². The van der Waals surface area contributed by atoms with Crippen LogP contribution in [0.5, 0.6) is 0 Å². The monoisotopic (exact) mass is 468 g/mol. The number of hydrogen-bond donors (Lipinski definition) is 0. The third-order valence-electron chi connectivity index (χ3n) is 4.51. The van der Waals surface area contributed by atoms with Crippen LogP contribution in [-0.2, 0) is 18.4 Å². The average Bonchev–Trinajstić information content (AvgIpc) is 2.66. The Morgan fingerprint density at radius 2 is 1.39 bits per heavy atom. The van der Waals surface area contributed by atoms with E-state index in [2.05, 4.69) is 87.4 Å². The summed E-state index contributed by atoms with van der Waals surface area (Å²) in [5.74, 6) is -0.101. The molecule has 4 nitrogen and oxygen atoms in total. The van der Waals surface area contributed by atoms with Gasteiger partial charge in [0.05, 0.1) is 19.3 Å². The smallest absolute Gasteiger partial charge is 0.305 e. The Hall–Kier alpha value is -0.956. The fourth-order valence-electron chi connectivity index (χ4n) is 3.12. The van der Waals surface area contributed by atoms with Crippen molar-refractivity contribution in [3.63, 3.8) is 0 Å². The molecule has 6 heteroatoms. The van der Waals surface area contributed by atoms with Gasteiger partial charge < -0.3 is 13.6 Å². The summed E-state index contributed by atoms with van der Waals surface area (Å²) in [7, 11) is -1.83. The van der Waals surface area contributed by atoms with E-state index in [4.69, 9.17) is 8.85 Å². The Kier molecular flexibility index (Phi) is 16.1. The van der Waals surface area contributed by atoms with Gasteiger partial charge in [-0.05, 0) is 65.0 Å². The summed E-state index contributed by atoms with van der Waals surface area (Å²) in [5.41, 5.74) is 0. The molecule has 0 aromatic rings. The molecule has 0 aromatic heterocycles. The van der Waals surface area contributed by atoms with E-state index in [1.165, 1.54) is 26.4 Å². The number of ether oxygens (including phenoxy) is 1. The van der Waals surface area contributed by atoms with E-state index < -0.39 is 16.6 Å². The van der Waals surface area contributed by atoms with E-state index in [-0.39, 0.29) is 18.2 Å². The normalized spacial score (nSPS) is 15.2. The molecule has 0 fully saturated rings. The lowest BCUT2D eigenvalue weighted by Gasteiger charge is -2.34. The van der Waals surface area contributed by atoms with Gasteiger partial charge in [-0.25, -0.2) is 0 Å². The topological polar surface area (TPSA) is 44.8 Å². The highest BCUT2D eigenvalue weighted by atomic mass is 28.4. The molecule has 0 aromatic carbocycles. The predicted molar refractivity (Wildman–Crippen MR) is 138 cm³/mol. The highest BCUT2D eigenvalue weighted by Gasteiger charge is 2.29. The summed E-state index contributed by atoms with van der Waals surface area (Å²) >= 11 is 0. The summed E-state index contributed by atoms with van der Waals surface area (Å²) < 4.78 is 17.5. The molecule has 0 heterocycles. The average molecular weight is 469 g/mol. The second kappa shape index (κ2) is 16.6. The van der Waals surface area contributed by atoms with Crippen molar-refractivity contribution < 1.29 is 18.4 Å². The summed E-state index contributed by atoms with van der Waals surface area (Å²) in [6.45, 7) is 15.6. The van der Waals surface area contributed by atoms with Gasteiger partial charge in [-0.3, -0.25) is 4.79 Å². The first-order chi connectivity index (χ1) is 14.5. The van der Waals surface area contributed by atoms with Gasteiger partial charge in [0, 0.05) is 6.42 Å². The largest absolute Gasteiger partial charge is 0.469 e. The summed E-state index contributed by atoms with van der Waals surface area (Å²) in [6.07, 6.45) is 21.1. The van der Waals surface area contributed by atoms with Crippen LogP contribution in [0.2, 0.25) is 39.3 Å². The molecule has 0 aliphatic rings. The molecule has 0 aliphatic carbocycles. The highest BCUT2D eigenvalue weighted by molar-refractivity contribution is 6.70. The van der Waals surface area contributed by atoms with Gasteiger partial charge in [-0.1, -0.05) is 62.6 Å². The first kappa shape index (κ1) is 30.0. The number of hydrogen-bond acceptors (Lipinski definition) is 4. The Labute approximate surface area is 194 Å². The zero-order valence-corrected chi connectivity index (χ0v) is 23.4. The Morgan fingerprint density at radius 1 is 0.806 bits per heavy atom. The Balaban J connectivity index is 4.35. The van der Waals surface area contributed by atoms with Crippen LogP contribution in [0.25, 0.3) is 0 Å². The lowest BCUT2D eigenvalue weighted by Crippen LogP contribution is -2.43. The van der Waals surface area contributed by atoms with E-state index in [0.29, 0.717) is 6.42 Å². The first-order valence-corrected chi connectivity index (χ1v) is 18.7. The molecule has 180 valence electrons. The highest BCUT2D eigenvalue weighted by Crippen LogP contribution is 2.20. The predicted octanol–water partition coefficient (Wildman–Crippen LogP) is 7.41. The van der Waals surface area contributed by atoms with Crippen molar-refractivity contribution in [2.45, 2.75) is 110 Å². The third-order valence-corrected chi connectivity index (χ3v) is 6.50. The van der Waals surface area contributed by atoms with Crippen molar-refractivity contribution in [1.29, 1.82) is 0 Å². The maximum absolute atomic E-state index is 11.0. The molecule has 2 atom stereocenters. The lowest BCUT2D eigenvalue weighted by atomic mass is 10.1. The molecule has 0 N–H and O–H groups in total. The van der Waals surface area contributed by atoms with E-state index in [1.54, 1.807) is 0 Å². The number of carbonyl (C=O) groups is 1. The molecular formula is C25H48O4Si2. The van der Waals surface area contributed by atoms with E-state index >= 15 is 0 Å². The van der Waals surface area contributed by atoms with Gasteiger partial charge in [0.25, 0.3) is 0 Å². The number of allylic oxidation sites excluding steroid dienone is 5. The molecule has 31 heavy (non-hydrogen) atoms. The minimum Gasteiger partial charge on any atom is -0.469 e. The number of unbranched alkanes of at least 4 members (excludes halogenated alkanes) is 5. The number of methoxy groups -OCH3 is 1. The summed E-state index contributed by atoms with van der Waals surface area (Å²) in [4.78, 5) is 11.0. The second-order valence-electron chi connectivity index (χ2n) is 9.95. The summed E-state index contributed by atoms with van der Waals surface area (Å²) in [5, 5.41) is 0. The van der Waals surface area contributed by atoms with Crippen LogP contribution in [0, 0.1) is 0 Å². The number of carbonyl (C=O) groups excluding carboxylic acids is 1. The van der Waals surface area contributed by atoms with Crippen molar-refractivity contribution in [3.05, 3.63) is 36.5 Å². The minimum atomic E-state index is -1.66. The quantitative estimate of drug-likeness (QED) is 0.0964. The van der Waals surface area contributed by atoms with Crippen LogP contribution in [0.1, 0.15) is 58.3 Å². The lowest BCUT2D eigenvalue weighted by molar-refractivity contribution is -0.140. The van der Waals surface area contributed by atoms with Crippen molar-refractivity contribution in [3.8, 4) is 0 Å². The molecule has 0 radical (unpaired) electrons. The molecule has 0 rings (SSSR count). The zero-order valence-electron chi connectivity index (χ0n) is 21.4. The van der Waals surface area contributed by atoms with Gasteiger partial charge in [-0.2, -0.15) is 0 Å². The zero-order chi connectivity index (χ0) is 23.8. The van der Waals surface area contributed by atoms with E-state index in [9.17, 15) is 4.79 Å². The van der Waals surface area contributed by atoms with Crippen LogP contribution in [-0.4, -0.2) is 41.9 Å². The summed E-state index contributed by atoms with van der Waals surface area (Å²) in [6, 6.07) is 0.